The highest BCUT2D eigenvalue weighted by Crippen LogP contribution is 2.46. The number of halogens is 3. The number of nitriles is 2. The maximum Gasteiger partial charge on any atom is 0.337 e. The second-order valence-corrected chi connectivity index (χ2v) is 13.0. The summed E-state index contributed by atoms with van der Waals surface area (Å²) in [5, 5.41) is 20.9. The van der Waals surface area contributed by atoms with E-state index in [1.807, 2.05) is 0 Å². The number of ether oxygens (including phenoxy) is 2. The van der Waals surface area contributed by atoms with E-state index in [9.17, 15) is 32.5 Å². The smallest absolute Gasteiger partial charge is 0.337 e. The van der Waals surface area contributed by atoms with Gasteiger partial charge >= 0.3 is 5.97 Å². The largest absolute Gasteiger partial charge is 0.481 e. The SMILES string of the molecule is COC(=O)c1ccc(-c2cccc(-c3c(-c4c(C#N)cccc4C#N)c4cc(OC)ncc4n3S(=O)(=O)c3ccc(C(F)F)cc3)c2)c(Cl)c1. The molecule has 0 saturated carbocycles. The third-order valence-electron chi connectivity index (χ3n) is 8.06. The van der Waals surface area contributed by atoms with Crippen molar-refractivity contribution in [2.75, 3.05) is 14.2 Å². The molecule has 0 aliphatic heterocycles. The molecule has 0 aliphatic rings. The van der Waals surface area contributed by atoms with E-state index < -0.39 is 22.4 Å². The van der Waals surface area contributed by atoms with Gasteiger partial charge in [-0.2, -0.15) is 10.5 Å². The molecule has 0 atom stereocenters. The van der Waals surface area contributed by atoms with E-state index in [0.717, 1.165) is 28.2 Å². The van der Waals surface area contributed by atoms with Crippen molar-refractivity contribution in [1.82, 2.24) is 8.96 Å². The highest BCUT2D eigenvalue weighted by molar-refractivity contribution is 7.90. The van der Waals surface area contributed by atoms with Crippen molar-refractivity contribution in [3.63, 3.8) is 0 Å². The molecule has 0 aliphatic carbocycles. The number of carbonyl (C=O) groups excluding carboxylic acids is 1. The first-order valence-corrected chi connectivity index (χ1v) is 16.5. The molecule has 2 heterocycles. The molecule has 9 nitrogen and oxygen atoms in total. The van der Waals surface area contributed by atoms with E-state index in [2.05, 4.69) is 17.1 Å². The van der Waals surface area contributed by atoms with Crippen LogP contribution in [0.15, 0.2) is 102 Å². The number of esters is 1. The van der Waals surface area contributed by atoms with Crippen LogP contribution in [0.25, 0.3) is 44.4 Å². The Balaban J connectivity index is 1.75. The summed E-state index contributed by atoms with van der Waals surface area (Å²) in [7, 11) is -1.96. The normalized spacial score (nSPS) is 11.3. The molecule has 50 heavy (non-hydrogen) atoms. The van der Waals surface area contributed by atoms with Crippen LogP contribution in [0, 0.1) is 22.7 Å². The van der Waals surface area contributed by atoms with Gasteiger partial charge in [0, 0.05) is 44.3 Å². The summed E-state index contributed by atoms with van der Waals surface area (Å²) < 4.78 is 67.5. The number of fused-ring (bicyclic) bond motifs is 1. The molecule has 0 bridgehead atoms. The summed E-state index contributed by atoms with van der Waals surface area (Å²) in [4.78, 5) is 16.1. The number of hydrogen-bond donors (Lipinski definition) is 0. The summed E-state index contributed by atoms with van der Waals surface area (Å²) >= 11 is 6.63. The lowest BCUT2D eigenvalue weighted by atomic mass is 9.91. The van der Waals surface area contributed by atoms with Crippen LogP contribution in [0.3, 0.4) is 0 Å². The van der Waals surface area contributed by atoms with E-state index in [1.165, 1.54) is 50.7 Å². The van der Waals surface area contributed by atoms with Gasteiger partial charge in [0.25, 0.3) is 16.4 Å². The van der Waals surface area contributed by atoms with Gasteiger partial charge in [-0.05, 0) is 48.0 Å². The van der Waals surface area contributed by atoms with Crippen LogP contribution in [-0.2, 0) is 14.8 Å². The second kappa shape index (κ2) is 13.4. The maximum atomic E-state index is 14.7. The fourth-order valence-electron chi connectivity index (χ4n) is 5.74. The number of alkyl halides is 2. The van der Waals surface area contributed by atoms with Crippen LogP contribution in [0.4, 0.5) is 8.78 Å². The molecule has 0 fully saturated rings. The van der Waals surface area contributed by atoms with Gasteiger partial charge in [0.1, 0.15) is 0 Å². The Morgan fingerprint density at radius 3 is 2.14 bits per heavy atom. The van der Waals surface area contributed by atoms with Crippen molar-refractivity contribution in [3.05, 3.63) is 124 Å². The number of rotatable bonds is 8. The van der Waals surface area contributed by atoms with Crippen molar-refractivity contribution < 1.29 is 31.5 Å². The minimum Gasteiger partial charge on any atom is -0.481 e. The molecule has 0 N–H and O–H groups in total. The standard InChI is InChI=1S/C37H23ClF2N4O5S/c1-48-32-17-29-31(20-43-32)44(50(46,47)27-12-9-21(10-13-27)36(39)40)35(34(29)33-25(18-41)7-4-8-26(33)19-42)23-6-3-5-22(15-23)28-14-11-24(16-30(28)38)37(45)49-2/h3-17,20,36H,1-2H3. The number of nitrogens with zero attached hydrogens (tertiary/aromatic N) is 4. The Hall–Kier alpha value is -6.08. The number of pyridine rings is 1. The summed E-state index contributed by atoms with van der Waals surface area (Å²) in [6.07, 6.45) is -1.53. The van der Waals surface area contributed by atoms with Crippen molar-refractivity contribution in [3.8, 4) is 51.5 Å². The molecular weight excluding hydrogens is 686 g/mol. The zero-order valence-corrected chi connectivity index (χ0v) is 27.8. The number of aromatic nitrogens is 2. The first-order valence-electron chi connectivity index (χ1n) is 14.7. The topological polar surface area (TPSA) is 135 Å². The van der Waals surface area contributed by atoms with Crippen LogP contribution in [0.1, 0.15) is 33.5 Å². The lowest BCUT2D eigenvalue weighted by Crippen LogP contribution is -2.14. The maximum absolute atomic E-state index is 14.7. The summed E-state index contributed by atoms with van der Waals surface area (Å²) in [6, 6.07) is 25.9. The van der Waals surface area contributed by atoms with E-state index >= 15 is 0 Å². The van der Waals surface area contributed by atoms with Crippen LogP contribution in [0.5, 0.6) is 5.88 Å². The lowest BCUT2D eigenvalue weighted by molar-refractivity contribution is 0.0600. The van der Waals surface area contributed by atoms with Crippen molar-refractivity contribution >= 4 is 38.5 Å². The monoisotopic (exact) mass is 708 g/mol. The third-order valence-corrected chi connectivity index (χ3v) is 10.1. The van der Waals surface area contributed by atoms with Crippen molar-refractivity contribution in [2.45, 2.75) is 11.3 Å². The number of carbonyl (C=O) groups is 1. The predicted octanol–water partition coefficient (Wildman–Crippen LogP) is 8.40. The fraction of sp³-hybridized carbons (Fsp3) is 0.0811. The number of methoxy groups -OCH3 is 2. The molecule has 4 aromatic carbocycles. The molecule has 0 unspecified atom stereocenters. The molecule has 0 spiro atoms. The highest BCUT2D eigenvalue weighted by Gasteiger charge is 2.32. The summed E-state index contributed by atoms with van der Waals surface area (Å²) in [5.74, 6) is -0.457. The first kappa shape index (κ1) is 33.8. The summed E-state index contributed by atoms with van der Waals surface area (Å²) in [5.41, 5.74) is 1.92. The minimum atomic E-state index is -4.59. The van der Waals surface area contributed by atoms with Crippen molar-refractivity contribution in [1.29, 1.82) is 10.5 Å². The van der Waals surface area contributed by atoms with E-state index in [-0.39, 0.29) is 65.8 Å². The van der Waals surface area contributed by atoms with Crippen LogP contribution in [0.2, 0.25) is 5.02 Å². The molecule has 6 rings (SSSR count). The second-order valence-electron chi connectivity index (χ2n) is 10.8. The van der Waals surface area contributed by atoms with Crippen LogP contribution < -0.4 is 4.74 Å². The predicted molar refractivity (Wildman–Crippen MR) is 182 cm³/mol. The molecular formula is C37H23ClF2N4O5S. The number of hydrogen-bond acceptors (Lipinski definition) is 8. The molecule has 13 heteroatoms. The zero-order chi connectivity index (χ0) is 35.7. The van der Waals surface area contributed by atoms with Gasteiger partial charge in [-0.25, -0.2) is 30.9 Å². The third kappa shape index (κ3) is 5.81. The van der Waals surface area contributed by atoms with Gasteiger partial charge in [-0.15, -0.1) is 0 Å². The Kier molecular flexibility index (Phi) is 9.09. The summed E-state index contributed by atoms with van der Waals surface area (Å²) in [6.45, 7) is 0. The first-order chi connectivity index (χ1) is 24.0. The van der Waals surface area contributed by atoms with Gasteiger partial charge in [0.2, 0.25) is 5.88 Å². The van der Waals surface area contributed by atoms with Gasteiger partial charge in [-0.3, -0.25) is 0 Å². The van der Waals surface area contributed by atoms with Crippen LogP contribution in [-0.4, -0.2) is 37.6 Å². The van der Waals surface area contributed by atoms with E-state index in [4.69, 9.17) is 21.1 Å². The van der Waals surface area contributed by atoms with Gasteiger partial charge in [0.05, 0.1) is 65.4 Å². The molecule has 2 aromatic heterocycles. The molecule has 0 amide bonds. The molecule has 6 aromatic rings. The Bertz CT molecular complexity index is 2490. The molecule has 0 radical (unpaired) electrons. The Labute approximate surface area is 290 Å². The van der Waals surface area contributed by atoms with Gasteiger partial charge < -0.3 is 9.47 Å². The van der Waals surface area contributed by atoms with Crippen molar-refractivity contribution in [2.24, 2.45) is 0 Å². The lowest BCUT2D eigenvalue weighted by Gasteiger charge is -2.16. The average molecular weight is 709 g/mol. The number of benzene rings is 4. The van der Waals surface area contributed by atoms with Crippen LogP contribution >= 0.6 is 11.6 Å². The fourth-order valence-corrected chi connectivity index (χ4v) is 7.57. The minimum absolute atomic E-state index is 0.0522. The zero-order valence-electron chi connectivity index (χ0n) is 26.2. The van der Waals surface area contributed by atoms with Gasteiger partial charge in [0.15, 0.2) is 0 Å². The Morgan fingerprint density at radius 1 is 0.880 bits per heavy atom. The van der Waals surface area contributed by atoms with Gasteiger partial charge in [-0.1, -0.05) is 54.1 Å². The molecule has 248 valence electrons. The van der Waals surface area contributed by atoms with E-state index in [1.54, 1.807) is 36.4 Å². The quantitative estimate of drug-likeness (QED) is 0.144. The molecule has 0 saturated heterocycles. The Morgan fingerprint density at radius 2 is 1.54 bits per heavy atom. The van der Waals surface area contributed by atoms with E-state index in [0.29, 0.717) is 16.7 Å². The average Bonchev–Trinajstić information content (AvgIpc) is 3.48. The highest BCUT2D eigenvalue weighted by atomic mass is 35.5.